The minimum atomic E-state index is 0.944. The van der Waals surface area contributed by atoms with Gasteiger partial charge in [-0.2, -0.15) is 12.6 Å². The van der Waals surface area contributed by atoms with Gasteiger partial charge < -0.3 is 10.6 Å². The predicted molar refractivity (Wildman–Crippen MR) is 45.3 cm³/mol. The maximum absolute atomic E-state index is 3.79. The van der Waals surface area contributed by atoms with Crippen LogP contribution < -0.4 is 10.6 Å². The minimum Gasteiger partial charge on any atom is -0.314 e. The van der Waals surface area contributed by atoms with Gasteiger partial charge in [0.1, 0.15) is 0 Å². The molecular weight excluding hydrogens is 132 g/mol. The van der Waals surface area contributed by atoms with Gasteiger partial charge >= 0.3 is 0 Å². The topological polar surface area (TPSA) is 24.1 Å². The summed E-state index contributed by atoms with van der Waals surface area (Å²) in [7, 11) is 0. The Morgan fingerprint density at radius 1 is 1.11 bits per heavy atom. The molecule has 1 aliphatic rings. The zero-order chi connectivity index (χ0) is 6.95. The second-order valence-electron chi connectivity index (χ2n) is 1.82. The highest BCUT2D eigenvalue weighted by molar-refractivity contribution is 7.80. The van der Waals surface area contributed by atoms with Crippen LogP contribution >= 0.6 is 12.6 Å². The maximum Gasteiger partial charge on any atom is 0.00772 e. The fourth-order valence-corrected chi connectivity index (χ4v) is 0.604. The summed E-state index contributed by atoms with van der Waals surface area (Å²) in [6.45, 7) is 6.54. The normalized spacial score (nSPS) is 18.0. The zero-order valence-electron chi connectivity index (χ0n) is 5.98. The Morgan fingerprint density at radius 3 is 1.44 bits per heavy atom. The van der Waals surface area contributed by atoms with Crippen molar-refractivity contribution in [2.75, 3.05) is 31.9 Å². The van der Waals surface area contributed by atoms with E-state index in [-0.39, 0.29) is 0 Å². The smallest absolute Gasteiger partial charge is 0.00772 e. The lowest BCUT2D eigenvalue weighted by molar-refractivity contribution is 0.534. The van der Waals surface area contributed by atoms with Gasteiger partial charge in [0.05, 0.1) is 0 Å². The van der Waals surface area contributed by atoms with Crippen molar-refractivity contribution >= 4 is 12.6 Å². The molecule has 0 spiro atoms. The van der Waals surface area contributed by atoms with Crippen LogP contribution in [0.25, 0.3) is 0 Å². The molecule has 0 bridgehead atoms. The fourth-order valence-electron chi connectivity index (χ4n) is 0.604. The van der Waals surface area contributed by atoms with Gasteiger partial charge in [-0.05, 0) is 5.75 Å². The van der Waals surface area contributed by atoms with E-state index < -0.39 is 0 Å². The average Bonchev–Trinajstić information content (AvgIpc) is 1.93. The molecule has 1 fully saturated rings. The van der Waals surface area contributed by atoms with Crippen LogP contribution in [0.15, 0.2) is 0 Å². The Hall–Kier alpha value is 0.270. The number of hydrogen-bond donors (Lipinski definition) is 3. The van der Waals surface area contributed by atoms with Crippen molar-refractivity contribution in [1.29, 1.82) is 0 Å². The van der Waals surface area contributed by atoms with Crippen LogP contribution in [0.1, 0.15) is 6.92 Å². The molecule has 0 saturated carbocycles. The Kier molecular flexibility index (Phi) is 8.52. The first-order chi connectivity index (χ1) is 4.41. The molecule has 9 heavy (non-hydrogen) atoms. The molecule has 0 atom stereocenters. The first-order valence-electron chi connectivity index (χ1n) is 3.44. The first kappa shape index (κ1) is 9.27. The van der Waals surface area contributed by atoms with Crippen molar-refractivity contribution in [3.63, 3.8) is 0 Å². The van der Waals surface area contributed by atoms with Crippen LogP contribution in [0.5, 0.6) is 0 Å². The van der Waals surface area contributed by atoms with Crippen LogP contribution in [-0.2, 0) is 0 Å². The Morgan fingerprint density at radius 2 is 1.33 bits per heavy atom. The zero-order valence-corrected chi connectivity index (χ0v) is 6.88. The average molecular weight is 148 g/mol. The third-order valence-electron chi connectivity index (χ3n) is 0.957. The van der Waals surface area contributed by atoms with Crippen LogP contribution in [0, 0.1) is 0 Å². The molecule has 56 valence electrons. The molecule has 0 aliphatic carbocycles. The van der Waals surface area contributed by atoms with Crippen LogP contribution in [0.3, 0.4) is 0 Å². The van der Waals surface area contributed by atoms with Gasteiger partial charge in [0.15, 0.2) is 0 Å². The van der Waals surface area contributed by atoms with Crippen LogP contribution in [0.2, 0.25) is 0 Å². The van der Waals surface area contributed by atoms with E-state index in [2.05, 4.69) is 23.3 Å². The SMILES string of the molecule is C1CNCCN1.CCS. The third kappa shape index (κ3) is 8.27. The van der Waals surface area contributed by atoms with Gasteiger partial charge in [-0.25, -0.2) is 0 Å². The van der Waals surface area contributed by atoms with E-state index in [9.17, 15) is 0 Å². The van der Waals surface area contributed by atoms with Gasteiger partial charge in [-0.1, -0.05) is 6.92 Å². The molecule has 3 heteroatoms. The number of thiol groups is 1. The molecule has 1 saturated heterocycles. The molecule has 1 rings (SSSR count). The number of nitrogens with one attached hydrogen (secondary N) is 2. The van der Waals surface area contributed by atoms with E-state index in [0.29, 0.717) is 0 Å². The van der Waals surface area contributed by atoms with Crippen molar-refractivity contribution in [1.82, 2.24) is 10.6 Å². The van der Waals surface area contributed by atoms with E-state index in [1.165, 1.54) is 0 Å². The first-order valence-corrected chi connectivity index (χ1v) is 4.07. The second kappa shape index (κ2) is 8.27. The largest absolute Gasteiger partial charge is 0.314 e. The summed E-state index contributed by atoms with van der Waals surface area (Å²) in [6.07, 6.45) is 0. The van der Waals surface area contributed by atoms with Crippen molar-refractivity contribution < 1.29 is 0 Å². The molecule has 0 unspecified atom stereocenters. The molecule has 0 aromatic carbocycles. The lowest BCUT2D eigenvalue weighted by Gasteiger charge is -2.11. The summed E-state index contributed by atoms with van der Waals surface area (Å²) in [5.74, 6) is 0.944. The molecule has 0 aromatic heterocycles. The monoisotopic (exact) mass is 148 g/mol. The van der Waals surface area contributed by atoms with E-state index in [0.717, 1.165) is 31.9 Å². The minimum absolute atomic E-state index is 0.944. The van der Waals surface area contributed by atoms with Gasteiger partial charge in [0.2, 0.25) is 0 Å². The lowest BCUT2D eigenvalue weighted by Crippen LogP contribution is -2.39. The molecule has 1 heterocycles. The van der Waals surface area contributed by atoms with Crippen molar-refractivity contribution in [3.8, 4) is 0 Å². The summed E-state index contributed by atoms with van der Waals surface area (Å²) < 4.78 is 0. The van der Waals surface area contributed by atoms with Crippen molar-refractivity contribution in [2.45, 2.75) is 6.92 Å². The fraction of sp³-hybridized carbons (Fsp3) is 1.00. The van der Waals surface area contributed by atoms with E-state index >= 15 is 0 Å². The highest BCUT2D eigenvalue weighted by Gasteiger charge is 1.91. The summed E-state index contributed by atoms with van der Waals surface area (Å²) in [6, 6.07) is 0. The van der Waals surface area contributed by atoms with E-state index in [1.54, 1.807) is 0 Å². The van der Waals surface area contributed by atoms with Gasteiger partial charge in [-0.15, -0.1) is 0 Å². The lowest BCUT2D eigenvalue weighted by atomic mass is 10.4. The maximum atomic E-state index is 3.79. The number of hydrogen-bond acceptors (Lipinski definition) is 3. The number of piperazine rings is 1. The molecular formula is C6H16N2S. The second-order valence-corrected chi connectivity index (χ2v) is 2.45. The molecule has 1 aliphatic heterocycles. The van der Waals surface area contributed by atoms with Crippen LogP contribution in [0.4, 0.5) is 0 Å². The van der Waals surface area contributed by atoms with Gasteiger partial charge in [-0.3, -0.25) is 0 Å². The highest BCUT2D eigenvalue weighted by atomic mass is 32.1. The quantitative estimate of drug-likeness (QED) is 0.425. The van der Waals surface area contributed by atoms with Gasteiger partial charge in [0.25, 0.3) is 0 Å². The Labute approximate surface area is 62.8 Å². The molecule has 0 amide bonds. The standard InChI is InChI=1S/C4H10N2.C2H6S/c1-2-6-4-3-5-1;1-2-3/h5-6H,1-4H2;3H,2H2,1H3. The van der Waals surface area contributed by atoms with E-state index in [4.69, 9.17) is 0 Å². The van der Waals surface area contributed by atoms with Gasteiger partial charge in [0, 0.05) is 26.2 Å². The molecule has 0 aromatic rings. The van der Waals surface area contributed by atoms with Crippen molar-refractivity contribution in [2.24, 2.45) is 0 Å². The number of rotatable bonds is 0. The van der Waals surface area contributed by atoms with E-state index in [1.807, 2.05) is 6.92 Å². The summed E-state index contributed by atoms with van der Waals surface area (Å²) in [4.78, 5) is 0. The molecule has 2 nitrogen and oxygen atoms in total. The summed E-state index contributed by atoms with van der Waals surface area (Å²) in [5, 5.41) is 6.44. The predicted octanol–water partition coefficient (Wildman–Crippen LogP) is 0.115. The third-order valence-corrected chi connectivity index (χ3v) is 0.957. The van der Waals surface area contributed by atoms with Crippen molar-refractivity contribution in [3.05, 3.63) is 0 Å². The molecule has 2 N–H and O–H groups in total. The molecule has 0 radical (unpaired) electrons. The summed E-state index contributed by atoms with van der Waals surface area (Å²) >= 11 is 3.79. The summed E-state index contributed by atoms with van der Waals surface area (Å²) in [5.41, 5.74) is 0. The Balaban J connectivity index is 0.000000187. The van der Waals surface area contributed by atoms with Crippen LogP contribution in [-0.4, -0.2) is 31.9 Å². The Bertz CT molecular complexity index is 34.8. The highest BCUT2D eigenvalue weighted by Crippen LogP contribution is 1.65.